The Bertz CT molecular complexity index is 1410. The first-order valence-corrected chi connectivity index (χ1v) is 10.6. The van der Waals surface area contributed by atoms with Crippen LogP contribution in [-0.2, 0) is 4.74 Å². The quantitative estimate of drug-likeness (QED) is 0.435. The third kappa shape index (κ3) is 2.81. The largest absolute Gasteiger partial charge is 0.506 e. The Kier molecular flexibility index (Phi) is 4.51. The predicted molar refractivity (Wildman–Crippen MR) is 122 cm³/mol. The van der Waals surface area contributed by atoms with Crippen molar-refractivity contribution in [3.05, 3.63) is 58.5 Å². The highest BCUT2D eigenvalue weighted by Gasteiger charge is 2.38. The van der Waals surface area contributed by atoms with E-state index in [0.717, 1.165) is 22.9 Å². The van der Waals surface area contributed by atoms with Gasteiger partial charge in [0.2, 0.25) is 0 Å². The second-order valence-electron chi connectivity index (χ2n) is 8.37. The molecule has 0 spiro atoms. The molecule has 0 fully saturated rings. The zero-order valence-corrected chi connectivity index (χ0v) is 18.4. The second kappa shape index (κ2) is 7.15. The molecular formula is C25H24N2O5. The number of ether oxygens (including phenoxy) is 1. The molecule has 5 rings (SSSR count). The molecule has 0 saturated heterocycles. The van der Waals surface area contributed by atoms with Crippen molar-refractivity contribution in [3.63, 3.8) is 0 Å². The third-order valence-corrected chi connectivity index (χ3v) is 6.37. The molecular weight excluding hydrogens is 408 g/mol. The van der Waals surface area contributed by atoms with Crippen LogP contribution < -0.4 is 4.90 Å². The maximum Gasteiger partial charge on any atom is 0.340 e. The van der Waals surface area contributed by atoms with Gasteiger partial charge in [0.05, 0.1) is 23.9 Å². The first-order valence-electron chi connectivity index (χ1n) is 10.6. The topological polar surface area (TPSA) is 95.8 Å². The Balaban J connectivity index is 1.69. The molecule has 1 atom stereocenters. The Hall–Kier alpha value is -3.74. The molecule has 1 amide bonds. The van der Waals surface area contributed by atoms with Gasteiger partial charge in [-0.25, -0.2) is 4.79 Å². The maximum absolute atomic E-state index is 13.5. The molecule has 1 aliphatic rings. The van der Waals surface area contributed by atoms with Gasteiger partial charge in [0.1, 0.15) is 11.3 Å². The number of carbonyl (C=O) groups excluding carboxylic acids is 2. The summed E-state index contributed by atoms with van der Waals surface area (Å²) in [6.45, 7) is 6.24. The summed E-state index contributed by atoms with van der Waals surface area (Å²) in [7, 11) is 1.33. The standard InChI is InChI=1S/C25H24N2O5/c1-5-14-11-27(24(29)19-9-15-8-12(2)6-7-18(15)32-19)16-10-17(28)23-22(21(14)16)20(13(3)26-23)25(30)31-4/h6-10,14,26,28H,5,11H2,1-4H3. The second-order valence-corrected chi connectivity index (χ2v) is 8.37. The van der Waals surface area contributed by atoms with Crippen LogP contribution in [0.4, 0.5) is 5.69 Å². The number of nitrogens with one attached hydrogen (secondary N) is 1. The van der Waals surface area contributed by atoms with E-state index < -0.39 is 5.97 Å². The van der Waals surface area contributed by atoms with E-state index >= 15 is 0 Å². The lowest BCUT2D eigenvalue weighted by molar-refractivity contribution is 0.0602. The minimum atomic E-state index is -0.478. The zero-order valence-electron chi connectivity index (χ0n) is 18.4. The number of aromatic nitrogens is 1. The molecule has 4 aromatic rings. The van der Waals surface area contributed by atoms with Crippen molar-refractivity contribution >= 4 is 39.4 Å². The van der Waals surface area contributed by atoms with Gasteiger partial charge in [0, 0.05) is 35.0 Å². The number of H-pyrrole nitrogens is 1. The van der Waals surface area contributed by atoms with Crippen LogP contribution in [0.2, 0.25) is 0 Å². The average molecular weight is 432 g/mol. The summed E-state index contributed by atoms with van der Waals surface area (Å²) >= 11 is 0. The van der Waals surface area contributed by atoms with Crippen molar-refractivity contribution in [2.45, 2.75) is 33.1 Å². The number of nitrogens with zero attached hydrogens (tertiary/aromatic N) is 1. The van der Waals surface area contributed by atoms with Gasteiger partial charge in [-0.2, -0.15) is 0 Å². The van der Waals surface area contributed by atoms with E-state index in [-0.39, 0.29) is 23.3 Å². The van der Waals surface area contributed by atoms with E-state index in [0.29, 0.717) is 40.0 Å². The van der Waals surface area contributed by atoms with Crippen molar-refractivity contribution in [1.82, 2.24) is 4.98 Å². The lowest BCUT2D eigenvalue weighted by atomic mass is 9.93. The van der Waals surface area contributed by atoms with Crippen molar-refractivity contribution < 1.29 is 23.8 Å². The Morgan fingerprint density at radius 3 is 2.75 bits per heavy atom. The number of aryl methyl sites for hydroxylation is 2. The van der Waals surface area contributed by atoms with Crippen LogP contribution >= 0.6 is 0 Å². The van der Waals surface area contributed by atoms with E-state index in [2.05, 4.69) is 4.98 Å². The van der Waals surface area contributed by atoms with Crippen LogP contribution in [0.5, 0.6) is 5.75 Å². The van der Waals surface area contributed by atoms with Crippen LogP contribution in [0.3, 0.4) is 0 Å². The smallest absolute Gasteiger partial charge is 0.340 e. The summed E-state index contributed by atoms with van der Waals surface area (Å²) in [6.07, 6.45) is 0.765. The number of hydrogen-bond donors (Lipinski definition) is 2. The number of furan rings is 1. The minimum Gasteiger partial charge on any atom is -0.506 e. The summed E-state index contributed by atoms with van der Waals surface area (Å²) in [5.74, 6) is -0.532. The summed E-state index contributed by atoms with van der Waals surface area (Å²) in [5, 5.41) is 12.2. The lowest BCUT2D eigenvalue weighted by Gasteiger charge is -2.16. The number of phenols is 1. The highest BCUT2D eigenvalue weighted by Crippen LogP contribution is 2.48. The van der Waals surface area contributed by atoms with Crippen LogP contribution in [0, 0.1) is 13.8 Å². The number of carbonyl (C=O) groups is 2. The molecule has 2 N–H and O–H groups in total. The predicted octanol–water partition coefficient (Wildman–Crippen LogP) is 5.18. The molecule has 0 saturated carbocycles. The van der Waals surface area contributed by atoms with Gasteiger partial charge < -0.3 is 24.1 Å². The Morgan fingerprint density at radius 1 is 1.25 bits per heavy atom. The first-order chi connectivity index (χ1) is 15.3. The summed E-state index contributed by atoms with van der Waals surface area (Å²) in [5.41, 5.74) is 4.68. The van der Waals surface area contributed by atoms with Gasteiger partial charge in [-0.1, -0.05) is 18.6 Å². The molecule has 7 heteroatoms. The van der Waals surface area contributed by atoms with Crippen molar-refractivity contribution in [2.24, 2.45) is 0 Å². The SMILES string of the molecule is CCC1CN(C(=O)c2cc3cc(C)ccc3o2)c2cc(O)c3[nH]c(C)c(C(=O)OC)c3c21. The van der Waals surface area contributed by atoms with Crippen LogP contribution in [0.1, 0.15) is 57.0 Å². The van der Waals surface area contributed by atoms with E-state index in [1.54, 1.807) is 24.0 Å². The van der Waals surface area contributed by atoms with E-state index in [1.807, 2.05) is 32.0 Å². The lowest BCUT2D eigenvalue weighted by Crippen LogP contribution is -2.29. The molecule has 0 radical (unpaired) electrons. The fraction of sp³-hybridized carbons (Fsp3) is 0.280. The molecule has 164 valence electrons. The van der Waals surface area contributed by atoms with Crippen LogP contribution in [0.25, 0.3) is 21.9 Å². The number of rotatable bonds is 3. The molecule has 32 heavy (non-hydrogen) atoms. The fourth-order valence-corrected chi connectivity index (χ4v) is 4.82. The molecule has 7 nitrogen and oxygen atoms in total. The van der Waals surface area contributed by atoms with Gasteiger partial charge in [0.25, 0.3) is 5.91 Å². The monoisotopic (exact) mass is 432 g/mol. The molecule has 3 heterocycles. The Labute approximate surface area is 184 Å². The van der Waals surface area contributed by atoms with Gasteiger partial charge in [-0.05, 0) is 44.0 Å². The minimum absolute atomic E-state index is 0.00211. The fourth-order valence-electron chi connectivity index (χ4n) is 4.82. The van der Waals surface area contributed by atoms with Gasteiger partial charge >= 0.3 is 5.97 Å². The van der Waals surface area contributed by atoms with E-state index in [1.165, 1.54) is 7.11 Å². The summed E-state index contributed by atoms with van der Waals surface area (Å²) in [6, 6.07) is 9.12. The number of anilines is 1. The molecule has 0 aliphatic carbocycles. The molecule has 1 aliphatic heterocycles. The average Bonchev–Trinajstić information content (AvgIpc) is 3.45. The number of methoxy groups -OCH3 is 1. The number of esters is 1. The highest BCUT2D eigenvalue weighted by atomic mass is 16.5. The molecule has 0 bridgehead atoms. The number of benzene rings is 2. The summed E-state index contributed by atoms with van der Waals surface area (Å²) in [4.78, 5) is 30.8. The van der Waals surface area contributed by atoms with Crippen LogP contribution in [-0.4, -0.2) is 35.6 Å². The van der Waals surface area contributed by atoms with Gasteiger partial charge in [-0.15, -0.1) is 0 Å². The number of hydrogen-bond acceptors (Lipinski definition) is 5. The molecule has 1 unspecified atom stereocenters. The number of aromatic amines is 1. The van der Waals surface area contributed by atoms with Crippen molar-refractivity contribution in [1.29, 1.82) is 0 Å². The Morgan fingerprint density at radius 2 is 2.03 bits per heavy atom. The van der Waals surface area contributed by atoms with Crippen molar-refractivity contribution in [2.75, 3.05) is 18.6 Å². The summed E-state index contributed by atoms with van der Waals surface area (Å²) < 4.78 is 10.9. The highest BCUT2D eigenvalue weighted by molar-refractivity contribution is 6.14. The number of phenolic OH excluding ortho intramolecular Hbond substituents is 1. The third-order valence-electron chi connectivity index (χ3n) is 6.37. The van der Waals surface area contributed by atoms with Crippen molar-refractivity contribution in [3.8, 4) is 5.75 Å². The van der Waals surface area contributed by atoms with E-state index in [9.17, 15) is 14.7 Å². The number of fused-ring (bicyclic) bond motifs is 4. The number of amides is 1. The maximum atomic E-state index is 13.5. The van der Waals surface area contributed by atoms with E-state index in [4.69, 9.17) is 9.15 Å². The normalized spacial score (nSPS) is 15.5. The molecule has 2 aromatic carbocycles. The first kappa shape index (κ1) is 20.2. The van der Waals surface area contributed by atoms with Gasteiger partial charge in [0.15, 0.2) is 5.76 Å². The van der Waals surface area contributed by atoms with Gasteiger partial charge in [-0.3, -0.25) is 4.79 Å². The zero-order chi connectivity index (χ0) is 22.7. The molecule has 2 aromatic heterocycles. The number of aromatic hydroxyl groups is 1. The van der Waals surface area contributed by atoms with Crippen LogP contribution in [0.15, 0.2) is 34.7 Å².